The van der Waals surface area contributed by atoms with Crippen molar-refractivity contribution in [2.75, 3.05) is 18.5 Å². The Bertz CT molecular complexity index is 1070. The van der Waals surface area contributed by atoms with Gasteiger partial charge in [0.15, 0.2) is 17.5 Å². The lowest BCUT2D eigenvalue weighted by molar-refractivity contribution is -0.125. The Morgan fingerprint density at radius 1 is 1.00 bits per heavy atom. The van der Waals surface area contributed by atoms with Crippen LogP contribution in [-0.2, 0) is 14.8 Å². The van der Waals surface area contributed by atoms with Crippen LogP contribution in [0.4, 0.5) is 18.9 Å². The second-order valence-corrected chi connectivity index (χ2v) is 9.20. The summed E-state index contributed by atoms with van der Waals surface area (Å²) >= 11 is 0. The van der Waals surface area contributed by atoms with Crippen molar-refractivity contribution in [1.82, 2.24) is 9.73 Å². The summed E-state index contributed by atoms with van der Waals surface area (Å²) < 4.78 is 66.9. The van der Waals surface area contributed by atoms with Crippen molar-refractivity contribution < 1.29 is 26.4 Å². The van der Waals surface area contributed by atoms with Crippen LogP contribution in [-0.4, -0.2) is 31.7 Å². The number of carbonyl (C=O) groups excluding carboxylic acids is 1. The molecule has 1 aliphatic heterocycles. The lowest BCUT2D eigenvalue weighted by Gasteiger charge is -2.30. The molecule has 6 nitrogen and oxygen atoms in total. The van der Waals surface area contributed by atoms with Gasteiger partial charge in [-0.05, 0) is 62.1 Å². The van der Waals surface area contributed by atoms with Crippen LogP contribution in [0.15, 0.2) is 35.2 Å². The largest absolute Gasteiger partial charge is 0.296 e. The minimum absolute atomic E-state index is 0.160. The molecule has 0 bridgehead atoms. The van der Waals surface area contributed by atoms with Gasteiger partial charge in [0.05, 0.1) is 10.6 Å². The first-order valence-electron chi connectivity index (χ1n) is 9.38. The summed E-state index contributed by atoms with van der Waals surface area (Å²) in [6.07, 6.45) is 0.551. The molecular formula is C20H22F3N3O3S. The van der Waals surface area contributed by atoms with E-state index < -0.39 is 45.0 Å². The van der Waals surface area contributed by atoms with Gasteiger partial charge in [0.2, 0.25) is 15.9 Å². The molecule has 2 aromatic rings. The lowest BCUT2D eigenvalue weighted by Crippen LogP contribution is -2.44. The highest BCUT2D eigenvalue weighted by Gasteiger charge is 2.32. The Hall–Kier alpha value is -2.59. The normalized spacial score (nSPS) is 15.8. The maximum absolute atomic E-state index is 13.6. The zero-order valence-electron chi connectivity index (χ0n) is 16.5. The summed E-state index contributed by atoms with van der Waals surface area (Å²) in [7, 11) is -3.66. The fourth-order valence-corrected chi connectivity index (χ4v) is 4.79. The number of nitrogens with one attached hydrogen (secondary N) is 2. The van der Waals surface area contributed by atoms with Gasteiger partial charge < -0.3 is 0 Å². The van der Waals surface area contributed by atoms with E-state index in [1.807, 2.05) is 13.8 Å². The number of piperidine rings is 1. The number of hydrogen-bond acceptors (Lipinski definition) is 4. The van der Waals surface area contributed by atoms with Crippen LogP contribution in [0.2, 0.25) is 0 Å². The smallest absolute Gasteiger partial charge is 0.243 e. The van der Waals surface area contributed by atoms with Crippen LogP contribution >= 0.6 is 0 Å². The van der Waals surface area contributed by atoms with Crippen molar-refractivity contribution in [3.05, 3.63) is 58.9 Å². The molecule has 0 radical (unpaired) electrons. The van der Waals surface area contributed by atoms with Gasteiger partial charge in [0, 0.05) is 19.0 Å². The zero-order valence-corrected chi connectivity index (χ0v) is 17.3. The third-order valence-electron chi connectivity index (χ3n) is 5.30. The van der Waals surface area contributed by atoms with E-state index in [-0.39, 0.29) is 30.8 Å². The topological polar surface area (TPSA) is 78.5 Å². The predicted molar refractivity (Wildman–Crippen MR) is 105 cm³/mol. The highest BCUT2D eigenvalue weighted by atomic mass is 32.2. The van der Waals surface area contributed by atoms with Gasteiger partial charge in [-0.3, -0.25) is 15.6 Å². The van der Waals surface area contributed by atoms with E-state index in [1.54, 1.807) is 18.2 Å². The Morgan fingerprint density at radius 2 is 1.67 bits per heavy atom. The number of sulfonamides is 1. The SMILES string of the molecule is Cc1ccc(S(=O)(=O)N2CCC(C(=O)NNc3ccc(F)c(F)c3F)CC2)cc1C. The van der Waals surface area contributed by atoms with E-state index in [0.717, 1.165) is 23.3 Å². The molecule has 1 aliphatic rings. The summed E-state index contributed by atoms with van der Waals surface area (Å²) in [5, 5.41) is 0. The number of carbonyl (C=O) groups is 1. The van der Waals surface area contributed by atoms with Gasteiger partial charge in [-0.2, -0.15) is 4.31 Å². The molecule has 2 N–H and O–H groups in total. The number of halogens is 3. The minimum atomic E-state index is -3.66. The lowest BCUT2D eigenvalue weighted by atomic mass is 9.98. The maximum atomic E-state index is 13.6. The van der Waals surface area contributed by atoms with Crippen LogP contribution in [0.25, 0.3) is 0 Å². The van der Waals surface area contributed by atoms with Gasteiger partial charge in [-0.15, -0.1) is 0 Å². The Morgan fingerprint density at radius 3 is 2.30 bits per heavy atom. The van der Waals surface area contributed by atoms with Crippen LogP contribution in [0.3, 0.4) is 0 Å². The summed E-state index contributed by atoms with van der Waals surface area (Å²) in [5.41, 5.74) is 5.98. The van der Waals surface area contributed by atoms with E-state index in [2.05, 4.69) is 10.9 Å². The molecule has 0 atom stereocenters. The van der Waals surface area contributed by atoms with Crippen LogP contribution in [0.5, 0.6) is 0 Å². The van der Waals surface area contributed by atoms with E-state index in [0.29, 0.717) is 0 Å². The second-order valence-electron chi connectivity index (χ2n) is 7.26. The number of rotatable bonds is 5. The van der Waals surface area contributed by atoms with Crippen molar-refractivity contribution in [2.24, 2.45) is 5.92 Å². The van der Waals surface area contributed by atoms with Crippen molar-refractivity contribution in [1.29, 1.82) is 0 Å². The quantitative estimate of drug-likeness (QED) is 0.552. The molecule has 1 fully saturated rings. The summed E-state index contributed by atoms with van der Waals surface area (Å²) in [5.74, 6) is -5.40. The van der Waals surface area contributed by atoms with Crippen LogP contribution in [0.1, 0.15) is 24.0 Å². The highest BCUT2D eigenvalue weighted by molar-refractivity contribution is 7.89. The number of anilines is 1. The Kier molecular flexibility index (Phi) is 6.37. The average molecular weight is 441 g/mol. The number of aryl methyl sites for hydroxylation is 2. The van der Waals surface area contributed by atoms with E-state index in [1.165, 1.54) is 4.31 Å². The van der Waals surface area contributed by atoms with Crippen molar-refractivity contribution in [2.45, 2.75) is 31.6 Å². The fourth-order valence-electron chi connectivity index (χ4n) is 3.24. The van der Waals surface area contributed by atoms with Crippen molar-refractivity contribution in [3.63, 3.8) is 0 Å². The molecule has 0 unspecified atom stereocenters. The molecule has 0 aromatic heterocycles. The third-order valence-corrected chi connectivity index (χ3v) is 7.19. The van der Waals surface area contributed by atoms with Gasteiger partial charge in [-0.1, -0.05) is 6.07 Å². The molecule has 10 heteroatoms. The van der Waals surface area contributed by atoms with E-state index >= 15 is 0 Å². The molecule has 30 heavy (non-hydrogen) atoms. The second kappa shape index (κ2) is 8.65. The predicted octanol–water partition coefficient (Wildman–Crippen LogP) is 3.26. The molecule has 0 aliphatic carbocycles. The fraction of sp³-hybridized carbons (Fsp3) is 0.350. The minimum Gasteiger partial charge on any atom is -0.296 e. The number of benzene rings is 2. The van der Waals surface area contributed by atoms with Crippen LogP contribution < -0.4 is 10.9 Å². The van der Waals surface area contributed by atoms with Crippen molar-refractivity contribution in [3.8, 4) is 0 Å². The third kappa shape index (κ3) is 4.44. The average Bonchev–Trinajstić information content (AvgIpc) is 2.73. The maximum Gasteiger partial charge on any atom is 0.243 e. The number of nitrogens with zero attached hydrogens (tertiary/aromatic N) is 1. The molecular weight excluding hydrogens is 419 g/mol. The first kappa shape index (κ1) is 22.1. The molecule has 0 spiro atoms. The van der Waals surface area contributed by atoms with Gasteiger partial charge in [0.1, 0.15) is 0 Å². The molecule has 2 aromatic carbocycles. The monoisotopic (exact) mass is 441 g/mol. The highest BCUT2D eigenvalue weighted by Crippen LogP contribution is 2.25. The first-order chi connectivity index (χ1) is 14.1. The molecule has 1 saturated heterocycles. The number of hydrogen-bond donors (Lipinski definition) is 2. The van der Waals surface area contributed by atoms with Gasteiger partial charge >= 0.3 is 0 Å². The standard InChI is InChI=1S/C20H22F3N3O3S/c1-12-3-4-15(11-13(12)2)30(28,29)26-9-7-14(8-10-26)20(27)25-24-17-6-5-16(21)18(22)19(17)23/h3-6,11,14,24H,7-10H2,1-2H3,(H,25,27). The van der Waals surface area contributed by atoms with Gasteiger partial charge in [-0.25, -0.2) is 21.6 Å². The van der Waals surface area contributed by atoms with E-state index in [9.17, 15) is 26.4 Å². The number of amides is 1. The molecule has 1 amide bonds. The van der Waals surface area contributed by atoms with E-state index in [4.69, 9.17) is 0 Å². The molecule has 3 rings (SSSR count). The summed E-state index contributed by atoms with van der Waals surface area (Å²) in [6, 6.07) is 6.65. The van der Waals surface area contributed by atoms with Crippen molar-refractivity contribution >= 4 is 21.6 Å². The zero-order chi connectivity index (χ0) is 22.1. The molecule has 162 valence electrons. The van der Waals surface area contributed by atoms with Crippen LogP contribution in [0, 0.1) is 37.2 Å². The number of hydrazine groups is 1. The first-order valence-corrected chi connectivity index (χ1v) is 10.8. The summed E-state index contributed by atoms with van der Waals surface area (Å²) in [6.45, 7) is 4.06. The Balaban J connectivity index is 1.59. The molecule has 0 saturated carbocycles. The summed E-state index contributed by atoms with van der Waals surface area (Å²) in [4.78, 5) is 12.5. The molecule has 1 heterocycles. The van der Waals surface area contributed by atoms with Gasteiger partial charge in [0.25, 0.3) is 0 Å². The Labute approximate surface area is 173 Å².